The van der Waals surface area contributed by atoms with Crippen molar-refractivity contribution in [1.82, 2.24) is 16.2 Å². The molecule has 0 spiro atoms. The molecule has 0 aliphatic carbocycles. The molecule has 1 fully saturated rings. The predicted molar refractivity (Wildman–Crippen MR) is 86.5 cm³/mol. The topological polar surface area (TPSA) is 94.6 Å². The molecule has 3 rings (SSSR count). The maximum atomic E-state index is 12.7. The summed E-state index contributed by atoms with van der Waals surface area (Å²) < 4.78 is 38.0. The van der Waals surface area contributed by atoms with Crippen LogP contribution in [0.4, 0.5) is 18.9 Å². The highest BCUT2D eigenvalue weighted by molar-refractivity contribution is 8.14. The Hall–Kier alpha value is -2.11. The lowest BCUT2D eigenvalue weighted by molar-refractivity contribution is -0.137. The molecular formula is C14H14F3N5O2S. The zero-order valence-corrected chi connectivity index (χ0v) is 13.5. The zero-order valence-electron chi connectivity index (χ0n) is 12.7. The number of benzene rings is 1. The summed E-state index contributed by atoms with van der Waals surface area (Å²) >= 11 is 1.00. The molecule has 2 aliphatic heterocycles. The van der Waals surface area contributed by atoms with Crippen molar-refractivity contribution in [1.29, 1.82) is 0 Å². The minimum absolute atomic E-state index is 0.0526. The van der Waals surface area contributed by atoms with Gasteiger partial charge in [0.2, 0.25) is 11.8 Å². The Morgan fingerprint density at radius 2 is 2.20 bits per heavy atom. The molecule has 1 aromatic carbocycles. The van der Waals surface area contributed by atoms with E-state index in [4.69, 9.17) is 0 Å². The van der Waals surface area contributed by atoms with Crippen molar-refractivity contribution in [2.24, 2.45) is 10.9 Å². The highest BCUT2D eigenvalue weighted by Crippen LogP contribution is 2.30. The molecule has 0 radical (unpaired) electrons. The van der Waals surface area contributed by atoms with Crippen molar-refractivity contribution in [2.75, 3.05) is 17.6 Å². The first-order valence-electron chi connectivity index (χ1n) is 7.30. The van der Waals surface area contributed by atoms with Crippen LogP contribution in [0, 0.1) is 5.92 Å². The van der Waals surface area contributed by atoms with E-state index in [0.29, 0.717) is 11.7 Å². The fraction of sp³-hybridized carbons (Fsp3) is 0.357. The van der Waals surface area contributed by atoms with Gasteiger partial charge in [0.1, 0.15) is 6.17 Å². The van der Waals surface area contributed by atoms with Gasteiger partial charge in [-0.2, -0.15) is 13.2 Å². The van der Waals surface area contributed by atoms with Gasteiger partial charge in [0.15, 0.2) is 5.17 Å². The standard InChI is InChI=1S/C14H14F3N5O2S/c15-14(16,17)7-2-1-3-8(4-7)19-10(23)6-25-13-20-11-9(5-18-22-11)12(24)21-13/h1-4,9,11,18,22H,5-6H2,(H,19,23)(H,20,21,24). The summed E-state index contributed by atoms with van der Waals surface area (Å²) in [5, 5.41) is 5.29. The molecule has 2 atom stereocenters. The second-order valence-electron chi connectivity index (χ2n) is 5.42. The largest absolute Gasteiger partial charge is 0.416 e. The van der Waals surface area contributed by atoms with Crippen LogP contribution in [0.1, 0.15) is 5.56 Å². The number of aliphatic imine (C=N–C) groups is 1. The van der Waals surface area contributed by atoms with Crippen molar-refractivity contribution >= 4 is 34.4 Å². The number of fused-ring (bicyclic) bond motifs is 1. The van der Waals surface area contributed by atoms with Crippen LogP contribution < -0.4 is 21.5 Å². The third-order valence-corrected chi connectivity index (χ3v) is 4.48. The predicted octanol–water partition coefficient (Wildman–Crippen LogP) is 0.913. The Labute approximate surface area is 144 Å². The number of amidine groups is 1. The van der Waals surface area contributed by atoms with Gasteiger partial charge in [0.05, 0.1) is 17.2 Å². The fourth-order valence-corrected chi connectivity index (χ4v) is 3.08. The van der Waals surface area contributed by atoms with Gasteiger partial charge in [-0.3, -0.25) is 15.0 Å². The van der Waals surface area contributed by atoms with Gasteiger partial charge in [-0.1, -0.05) is 17.8 Å². The molecule has 1 aromatic rings. The van der Waals surface area contributed by atoms with Crippen LogP contribution in [0.25, 0.3) is 0 Å². The molecule has 7 nitrogen and oxygen atoms in total. The van der Waals surface area contributed by atoms with Gasteiger partial charge >= 0.3 is 6.18 Å². The summed E-state index contributed by atoms with van der Waals surface area (Å²) in [7, 11) is 0. The maximum Gasteiger partial charge on any atom is 0.416 e. The molecule has 0 aromatic heterocycles. The van der Waals surface area contributed by atoms with E-state index in [1.54, 1.807) is 0 Å². The molecule has 2 amide bonds. The Morgan fingerprint density at radius 1 is 1.40 bits per heavy atom. The van der Waals surface area contributed by atoms with E-state index in [1.165, 1.54) is 12.1 Å². The summed E-state index contributed by atoms with van der Waals surface area (Å²) in [6, 6.07) is 4.38. The monoisotopic (exact) mass is 373 g/mol. The Bertz CT molecular complexity index is 725. The van der Waals surface area contributed by atoms with Gasteiger partial charge in [-0.05, 0) is 18.2 Å². The molecule has 4 N–H and O–H groups in total. The van der Waals surface area contributed by atoms with Crippen molar-refractivity contribution in [3.63, 3.8) is 0 Å². The molecule has 0 saturated carbocycles. The van der Waals surface area contributed by atoms with E-state index in [0.717, 1.165) is 23.9 Å². The second kappa shape index (κ2) is 7.02. The summed E-state index contributed by atoms with van der Waals surface area (Å²) in [4.78, 5) is 28.0. The van der Waals surface area contributed by atoms with Crippen LogP contribution >= 0.6 is 11.8 Å². The summed E-state index contributed by atoms with van der Waals surface area (Å²) in [5.74, 6) is -1.09. The molecule has 0 bridgehead atoms. The first-order chi connectivity index (χ1) is 11.8. The number of hydrogen-bond donors (Lipinski definition) is 4. The molecule has 2 aliphatic rings. The van der Waals surface area contributed by atoms with Gasteiger partial charge in [0, 0.05) is 12.2 Å². The highest BCUT2D eigenvalue weighted by atomic mass is 32.2. The third kappa shape index (κ3) is 4.30. The SMILES string of the molecule is O=C(CSC1=NC2NNCC2C(=O)N1)Nc1cccc(C(F)(F)F)c1. The van der Waals surface area contributed by atoms with Crippen LogP contribution in [-0.4, -0.2) is 35.4 Å². The van der Waals surface area contributed by atoms with E-state index in [9.17, 15) is 22.8 Å². The lowest BCUT2D eigenvalue weighted by Crippen LogP contribution is -2.46. The highest BCUT2D eigenvalue weighted by Gasteiger charge is 2.37. The summed E-state index contributed by atoms with van der Waals surface area (Å²) in [5.41, 5.74) is 4.89. The van der Waals surface area contributed by atoms with Gasteiger partial charge in [0.25, 0.3) is 0 Å². The maximum absolute atomic E-state index is 12.7. The first kappa shape index (κ1) is 17.7. The number of nitrogens with one attached hydrogen (secondary N) is 4. The Kier molecular flexibility index (Phi) is 4.97. The van der Waals surface area contributed by atoms with E-state index in [1.807, 2.05) is 0 Å². The smallest absolute Gasteiger partial charge is 0.325 e. The molecular weight excluding hydrogens is 359 g/mol. The zero-order chi connectivity index (χ0) is 18.0. The summed E-state index contributed by atoms with van der Waals surface area (Å²) in [6.07, 6.45) is -4.86. The number of halogens is 3. The van der Waals surface area contributed by atoms with Crippen LogP contribution in [0.15, 0.2) is 29.3 Å². The average molecular weight is 373 g/mol. The number of nitrogens with zero attached hydrogens (tertiary/aromatic N) is 1. The number of anilines is 1. The fourth-order valence-electron chi connectivity index (χ4n) is 2.38. The van der Waals surface area contributed by atoms with Gasteiger partial charge < -0.3 is 10.6 Å². The summed E-state index contributed by atoms with van der Waals surface area (Å²) in [6.45, 7) is 0.466. The van der Waals surface area contributed by atoms with E-state index in [2.05, 4.69) is 26.5 Å². The minimum atomic E-state index is -4.48. The number of carbonyl (C=O) groups excluding carboxylic acids is 2. The second-order valence-corrected chi connectivity index (χ2v) is 6.38. The molecule has 11 heteroatoms. The average Bonchev–Trinajstić information content (AvgIpc) is 3.01. The van der Waals surface area contributed by atoms with E-state index < -0.39 is 17.6 Å². The van der Waals surface area contributed by atoms with Crippen LogP contribution in [0.2, 0.25) is 0 Å². The van der Waals surface area contributed by atoms with E-state index >= 15 is 0 Å². The van der Waals surface area contributed by atoms with Crippen molar-refractivity contribution in [2.45, 2.75) is 12.3 Å². The molecule has 134 valence electrons. The normalized spacial score (nSPS) is 22.8. The van der Waals surface area contributed by atoms with Crippen LogP contribution in [0.3, 0.4) is 0 Å². The number of carbonyl (C=O) groups is 2. The molecule has 1 saturated heterocycles. The van der Waals surface area contributed by atoms with Crippen molar-refractivity contribution < 1.29 is 22.8 Å². The van der Waals surface area contributed by atoms with Crippen LogP contribution in [0.5, 0.6) is 0 Å². The third-order valence-electron chi connectivity index (χ3n) is 3.59. The van der Waals surface area contributed by atoms with E-state index in [-0.39, 0.29) is 29.4 Å². The van der Waals surface area contributed by atoms with Gasteiger partial charge in [-0.15, -0.1) is 0 Å². The lowest BCUT2D eigenvalue weighted by Gasteiger charge is -2.21. The number of alkyl halides is 3. The minimum Gasteiger partial charge on any atom is -0.325 e. The quantitative estimate of drug-likeness (QED) is 0.632. The number of hydrogen-bond acceptors (Lipinski definition) is 6. The number of rotatable bonds is 3. The van der Waals surface area contributed by atoms with Crippen LogP contribution in [-0.2, 0) is 15.8 Å². The number of thioether (sulfide) groups is 1. The first-order valence-corrected chi connectivity index (χ1v) is 8.28. The lowest BCUT2D eigenvalue weighted by atomic mass is 10.1. The number of hydrazine groups is 1. The molecule has 2 heterocycles. The van der Waals surface area contributed by atoms with Crippen molar-refractivity contribution in [3.05, 3.63) is 29.8 Å². The van der Waals surface area contributed by atoms with Crippen molar-refractivity contribution in [3.8, 4) is 0 Å². The Balaban J connectivity index is 1.56. The molecule has 25 heavy (non-hydrogen) atoms. The van der Waals surface area contributed by atoms with Gasteiger partial charge in [-0.25, -0.2) is 10.4 Å². The number of amides is 2. The molecule has 2 unspecified atom stereocenters. The Morgan fingerprint density at radius 3 is 2.96 bits per heavy atom.